The fourth-order valence-corrected chi connectivity index (χ4v) is 4.52. The number of anilines is 1. The number of carbonyl (C=O) groups is 1. The average molecular weight is 473 g/mol. The summed E-state index contributed by atoms with van der Waals surface area (Å²) in [6.45, 7) is 0.0713. The quantitative estimate of drug-likeness (QED) is 0.505. The van der Waals surface area contributed by atoms with Gasteiger partial charge in [-0.2, -0.15) is 11.8 Å². The largest absolute Gasteiger partial charge is 0.497 e. The van der Waals surface area contributed by atoms with Crippen molar-refractivity contribution in [2.45, 2.75) is 5.75 Å². The Balaban J connectivity index is 1.93. The van der Waals surface area contributed by atoms with Gasteiger partial charge in [-0.05, 0) is 29.8 Å². The van der Waals surface area contributed by atoms with E-state index < -0.39 is 15.9 Å². The van der Waals surface area contributed by atoms with Crippen molar-refractivity contribution in [3.63, 3.8) is 0 Å². The van der Waals surface area contributed by atoms with Crippen LogP contribution in [0.15, 0.2) is 42.5 Å². The first-order chi connectivity index (χ1) is 14.2. The molecular formula is C20H25ClN2O5S2. The van der Waals surface area contributed by atoms with Crippen LogP contribution in [0.5, 0.6) is 11.5 Å². The van der Waals surface area contributed by atoms with Gasteiger partial charge >= 0.3 is 0 Å². The molecule has 0 bridgehead atoms. The van der Waals surface area contributed by atoms with Gasteiger partial charge in [-0.1, -0.05) is 23.7 Å². The second-order valence-electron chi connectivity index (χ2n) is 6.34. The van der Waals surface area contributed by atoms with Gasteiger partial charge in [-0.25, -0.2) is 8.42 Å². The highest BCUT2D eigenvalue weighted by Gasteiger charge is 2.24. The first-order valence-corrected chi connectivity index (χ1v) is 12.4. The molecule has 0 aliphatic carbocycles. The lowest BCUT2D eigenvalue weighted by Gasteiger charge is -2.24. The van der Waals surface area contributed by atoms with Gasteiger partial charge in [0.1, 0.15) is 18.0 Å². The maximum absolute atomic E-state index is 12.4. The number of ether oxygens (including phenoxy) is 2. The zero-order chi connectivity index (χ0) is 22.1. The van der Waals surface area contributed by atoms with Crippen molar-refractivity contribution in [1.29, 1.82) is 0 Å². The number of carbonyl (C=O) groups excluding carboxylic acids is 1. The van der Waals surface area contributed by atoms with Gasteiger partial charge in [0.15, 0.2) is 0 Å². The van der Waals surface area contributed by atoms with E-state index in [1.807, 2.05) is 24.3 Å². The molecule has 0 unspecified atom stereocenters. The predicted octanol–water partition coefficient (Wildman–Crippen LogP) is 3.17. The molecule has 0 radical (unpaired) electrons. The van der Waals surface area contributed by atoms with Crippen LogP contribution in [0.1, 0.15) is 5.56 Å². The Morgan fingerprint density at radius 2 is 1.93 bits per heavy atom. The Hall–Kier alpha value is -2.10. The van der Waals surface area contributed by atoms with E-state index in [1.165, 1.54) is 14.2 Å². The molecule has 1 amide bonds. The number of sulfonamides is 1. The first-order valence-electron chi connectivity index (χ1n) is 9.03. The number of benzene rings is 2. The molecule has 0 aliphatic heterocycles. The third-order valence-electron chi connectivity index (χ3n) is 4.07. The van der Waals surface area contributed by atoms with Gasteiger partial charge in [0.05, 0.1) is 26.2 Å². The minimum Gasteiger partial charge on any atom is -0.497 e. The molecule has 0 aliphatic rings. The van der Waals surface area contributed by atoms with E-state index in [0.29, 0.717) is 28.8 Å². The number of hydrogen-bond acceptors (Lipinski definition) is 6. The van der Waals surface area contributed by atoms with Crippen LogP contribution in [0, 0.1) is 0 Å². The summed E-state index contributed by atoms with van der Waals surface area (Å²) >= 11 is 7.61. The van der Waals surface area contributed by atoms with Gasteiger partial charge in [-0.15, -0.1) is 0 Å². The molecule has 0 aromatic heterocycles. The van der Waals surface area contributed by atoms with Gasteiger partial charge < -0.3 is 14.8 Å². The zero-order valence-corrected chi connectivity index (χ0v) is 19.4. The summed E-state index contributed by atoms with van der Waals surface area (Å²) in [5.41, 5.74) is 1.37. The molecule has 0 spiro atoms. The van der Waals surface area contributed by atoms with Crippen LogP contribution in [0.2, 0.25) is 5.02 Å². The molecular weight excluding hydrogens is 448 g/mol. The minimum absolute atomic E-state index is 0.270. The number of halogens is 1. The van der Waals surface area contributed by atoms with Crippen molar-refractivity contribution in [3.05, 3.63) is 53.1 Å². The van der Waals surface area contributed by atoms with Crippen molar-refractivity contribution in [2.24, 2.45) is 0 Å². The molecule has 0 saturated heterocycles. The smallest absolute Gasteiger partial charge is 0.240 e. The average Bonchev–Trinajstić information content (AvgIpc) is 2.70. The fourth-order valence-electron chi connectivity index (χ4n) is 2.64. The molecule has 2 aromatic rings. The maximum atomic E-state index is 12.4. The molecule has 0 atom stereocenters. The van der Waals surface area contributed by atoms with Crippen LogP contribution in [0.25, 0.3) is 0 Å². The molecule has 0 fully saturated rings. The Bertz CT molecular complexity index is 969. The number of nitrogens with zero attached hydrogens (tertiary/aromatic N) is 1. The summed E-state index contributed by atoms with van der Waals surface area (Å²) in [6.07, 6.45) is 1.05. The number of amides is 1. The molecule has 164 valence electrons. The van der Waals surface area contributed by atoms with Crippen LogP contribution < -0.4 is 19.1 Å². The van der Waals surface area contributed by atoms with Crippen LogP contribution in [-0.2, 0) is 20.6 Å². The standard InChI is InChI=1S/C20H25ClN2O5S2/c1-27-17-7-8-18(19(12-17)28-2)23(30(3,25)26)13-20(24)22-9-10-29-14-15-5-4-6-16(21)11-15/h4-8,11-12H,9-10,13-14H2,1-3H3,(H,22,24). The van der Waals surface area contributed by atoms with Crippen LogP contribution in [0.3, 0.4) is 0 Å². The van der Waals surface area contributed by atoms with Crippen LogP contribution in [0.4, 0.5) is 5.69 Å². The topological polar surface area (TPSA) is 84.9 Å². The number of nitrogens with one attached hydrogen (secondary N) is 1. The Kier molecular flexibility index (Phi) is 9.13. The van der Waals surface area contributed by atoms with Crippen molar-refractivity contribution in [2.75, 3.05) is 43.6 Å². The van der Waals surface area contributed by atoms with E-state index >= 15 is 0 Å². The molecule has 10 heteroatoms. The normalized spacial score (nSPS) is 11.1. The first kappa shape index (κ1) is 24.2. The third kappa shape index (κ3) is 7.30. The third-order valence-corrected chi connectivity index (χ3v) is 6.46. The molecule has 0 saturated carbocycles. The zero-order valence-electron chi connectivity index (χ0n) is 17.1. The summed E-state index contributed by atoms with van der Waals surface area (Å²) in [5, 5.41) is 3.45. The second-order valence-corrected chi connectivity index (χ2v) is 9.79. The molecule has 30 heavy (non-hydrogen) atoms. The van der Waals surface area contributed by atoms with Gasteiger partial charge in [0, 0.05) is 29.1 Å². The fraction of sp³-hybridized carbons (Fsp3) is 0.350. The second kappa shape index (κ2) is 11.3. The van der Waals surface area contributed by atoms with Crippen molar-refractivity contribution < 1.29 is 22.7 Å². The molecule has 7 nitrogen and oxygen atoms in total. The Morgan fingerprint density at radius 3 is 2.57 bits per heavy atom. The van der Waals surface area contributed by atoms with E-state index in [0.717, 1.165) is 21.9 Å². The van der Waals surface area contributed by atoms with Gasteiger partial charge in [0.2, 0.25) is 15.9 Å². The summed E-state index contributed by atoms with van der Waals surface area (Å²) in [7, 11) is -0.779. The van der Waals surface area contributed by atoms with Crippen LogP contribution >= 0.6 is 23.4 Å². The van der Waals surface area contributed by atoms with E-state index in [9.17, 15) is 13.2 Å². The highest BCUT2D eigenvalue weighted by molar-refractivity contribution is 7.98. The van der Waals surface area contributed by atoms with Crippen molar-refractivity contribution in [3.8, 4) is 11.5 Å². The van der Waals surface area contributed by atoms with E-state index in [1.54, 1.807) is 30.0 Å². The molecule has 1 N–H and O–H groups in total. The summed E-state index contributed by atoms with van der Waals surface area (Å²) in [5.74, 6) is 1.87. The van der Waals surface area contributed by atoms with Gasteiger partial charge in [-0.3, -0.25) is 9.10 Å². The number of rotatable bonds is 11. The van der Waals surface area contributed by atoms with Crippen LogP contribution in [-0.4, -0.2) is 53.6 Å². The number of thioether (sulfide) groups is 1. The Morgan fingerprint density at radius 1 is 1.17 bits per heavy atom. The van der Waals surface area contributed by atoms with E-state index in [-0.39, 0.29) is 12.2 Å². The van der Waals surface area contributed by atoms with E-state index in [4.69, 9.17) is 21.1 Å². The molecule has 0 heterocycles. The number of hydrogen-bond donors (Lipinski definition) is 1. The number of methoxy groups -OCH3 is 2. The lowest BCUT2D eigenvalue weighted by molar-refractivity contribution is -0.119. The lowest BCUT2D eigenvalue weighted by Crippen LogP contribution is -2.41. The van der Waals surface area contributed by atoms with E-state index in [2.05, 4.69) is 5.32 Å². The highest BCUT2D eigenvalue weighted by Crippen LogP contribution is 2.33. The lowest BCUT2D eigenvalue weighted by atomic mass is 10.2. The summed E-state index contributed by atoms with van der Waals surface area (Å²) in [4.78, 5) is 12.4. The molecule has 2 aromatic carbocycles. The summed E-state index contributed by atoms with van der Waals surface area (Å²) in [6, 6.07) is 12.3. The highest BCUT2D eigenvalue weighted by atomic mass is 35.5. The van der Waals surface area contributed by atoms with Crippen molar-refractivity contribution >= 4 is 45.0 Å². The van der Waals surface area contributed by atoms with Crippen molar-refractivity contribution in [1.82, 2.24) is 5.32 Å². The molecule has 2 rings (SSSR count). The monoisotopic (exact) mass is 472 g/mol. The van der Waals surface area contributed by atoms with Gasteiger partial charge in [0.25, 0.3) is 0 Å². The Labute approximate surface area is 186 Å². The minimum atomic E-state index is -3.71. The summed E-state index contributed by atoms with van der Waals surface area (Å²) < 4.78 is 36.0. The predicted molar refractivity (Wildman–Crippen MR) is 122 cm³/mol. The SMILES string of the molecule is COc1ccc(N(CC(=O)NCCSCc2cccc(Cl)c2)S(C)(=O)=O)c(OC)c1. The maximum Gasteiger partial charge on any atom is 0.240 e.